The van der Waals surface area contributed by atoms with Gasteiger partial charge in [-0.2, -0.15) is 0 Å². The van der Waals surface area contributed by atoms with E-state index in [0.717, 1.165) is 0 Å². The minimum atomic E-state index is -0.420. The minimum Gasteiger partial charge on any atom is -0.468 e. The third-order valence-electron chi connectivity index (χ3n) is 4.38. The van der Waals surface area contributed by atoms with Gasteiger partial charge in [-0.15, -0.1) is 0 Å². The number of hydrogen-bond acceptors (Lipinski definition) is 7. The SMILES string of the molecule is CCOC(=O)c1ccoc1CSc1nc2ccccc2c(=O)n1CCCOC(C)C. The number of benzene rings is 1. The highest BCUT2D eigenvalue weighted by atomic mass is 32.2. The number of hydrogen-bond donors (Lipinski definition) is 0. The van der Waals surface area contributed by atoms with Crippen LogP contribution in [0.25, 0.3) is 10.9 Å². The molecule has 30 heavy (non-hydrogen) atoms. The summed E-state index contributed by atoms with van der Waals surface area (Å²) >= 11 is 1.36. The maximum atomic E-state index is 13.1. The number of carbonyl (C=O) groups excluding carboxylic acids is 1. The maximum absolute atomic E-state index is 13.1. The zero-order valence-electron chi connectivity index (χ0n) is 17.4. The van der Waals surface area contributed by atoms with Gasteiger partial charge in [0.25, 0.3) is 5.56 Å². The van der Waals surface area contributed by atoms with Crippen LogP contribution in [0.15, 0.2) is 51.0 Å². The molecule has 2 aromatic heterocycles. The minimum absolute atomic E-state index is 0.0855. The van der Waals surface area contributed by atoms with Crippen molar-refractivity contribution < 1.29 is 18.7 Å². The second-order valence-electron chi connectivity index (χ2n) is 6.91. The smallest absolute Gasteiger partial charge is 0.341 e. The molecule has 8 heteroatoms. The number of ether oxygens (including phenoxy) is 2. The fourth-order valence-corrected chi connectivity index (χ4v) is 3.95. The lowest BCUT2D eigenvalue weighted by Gasteiger charge is -2.14. The van der Waals surface area contributed by atoms with Gasteiger partial charge >= 0.3 is 5.97 Å². The first-order valence-electron chi connectivity index (χ1n) is 9.98. The first-order valence-corrected chi connectivity index (χ1v) is 11.0. The van der Waals surface area contributed by atoms with E-state index in [2.05, 4.69) is 4.98 Å². The van der Waals surface area contributed by atoms with Crippen LogP contribution in [0.4, 0.5) is 0 Å². The number of rotatable bonds is 10. The summed E-state index contributed by atoms with van der Waals surface area (Å²) in [5.41, 5.74) is 0.951. The Kier molecular flexibility index (Phi) is 7.70. The Hall–Kier alpha value is -2.58. The summed E-state index contributed by atoms with van der Waals surface area (Å²) in [6, 6.07) is 8.89. The number of esters is 1. The molecule has 0 bridgehead atoms. The van der Waals surface area contributed by atoms with Crippen LogP contribution in [-0.4, -0.2) is 34.8 Å². The molecule has 0 fully saturated rings. The molecular weight excluding hydrogens is 404 g/mol. The van der Waals surface area contributed by atoms with Crippen molar-refractivity contribution in [3.05, 3.63) is 58.3 Å². The second kappa shape index (κ2) is 10.4. The van der Waals surface area contributed by atoms with Crippen LogP contribution >= 0.6 is 11.8 Å². The molecular formula is C22H26N2O5S. The van der Waals surface area contributed by atoms with Crippen molar-refractivity contribution in [2.45, 2.75) is 50.8 Å². The lowest BCUT2D eigenvalue weighted by molar-refractivity contribution is 0.0524. The van der Waals surface area contributed by atoms with Gasteiger partial charge in [0.15, 0.2) is 5.16 Å². The quantitative estimate of drug-likeness (QED) is 0.205. The van der Waals surface area contributed by atoms with Crippen LogP contribution in [0, 0.1) is 0 Å². The van der Waals surface area contributed by atoms with E-state index in [1.165, 1.54) is 18.0 Å². The lowest BCUT2D eigenvalue weighted by Crippen LogP contribution is -2.24. The summed E-state index contributed by atoms with van der Waals surface area (Å²) in [5, 5.41) is 1.16. The number of fused-ring (bicyclic) bond motifs is 1. The molecule has 2 heterocycles. The number of thioether (sulfide) groups is 1. The number of furan rings is 1. The predicted octanol–water partition coefficient (Wildman–Crippen LogP) is 4.27. The van der Waals surface area contributed by atoms with Crippen LogP contribution < -0.4 is 5.56 Å². The number of aromatic nitrogens is 2. The van der Waals surface area contributed by atoms with Gasteiger partial charge in [0.2, 0.25) is 0 Å². The largest absolute Gasteiger partial charge is 0.468 e. The van der Waals surface area contributed by atoms with Crippen molar-refractivity contribution in [2.24, 2.45) is 0 Å². The zero-order valence-corrected chi connectivity index (χ0v) is 18.2. The fraction of sp³-hybridized carbons (Fsp3) is 0.409. The fourth-order valence-electron chi connectivity index (χ4n) is 2.97. The molecule has 0 aliphatic carbocycles. The van der Waals surface area contributed by atoms with Gasteiger partial charge < -0.3 is 13.9 Å². The molecule has 0 amide bonds. The van der Waals surface area contributed by atoms with E-state index in [0.29, 0.717) is 59.3 Å². The van der Waals surface area contributed by atoms with E-state index in [1.807, 2.05) is 32.0 Å². The van der Waals surface area contributed by atoms with E-state index in [9.17, 15) is 9.59 Å². The third kappa shape index (κ3) is 5.31. The standard InChI is InChI=1S/C22H26N2O5S/c1-4-27-21(26)17-10-13-29-19(17)14-30-22-23-18-9-6-5-8-16(18)20(25)24(22)11-7-12-28-15(2)3/h5-6,8-10,13,15H,4,7,11-12,14H2,1-3H3. The Balaban J connectivity index is 1.85. The van der Waals surface area contributed by atoms with E-state index in [4.69, 9.17) is 13.9 Å². The number of para-hydroxylation sites is 1. The van der Waals surface area contributed by atoms with Crippen molar-refractivity contribution in [3.8, 4) is 0 Å². The Morgan fingerprint density at radius 3 is 2.83 bits per heavy atom. The predicted molar refractivity (Wildman–Crippen MR) is 116 cm³/mol. The summed E-state index contributed by atoms with van der Waals surface area (Å²) in [6.07, 6.45) is 2.30. The highest BCUT2D eigenvalue weighted by molar-refractivity contribution is 7.98. The number of carbonyl (C=O) groups is 1. The van der Waals surface area contributed by atoms with Gasteiger partial charge in [-0.3, -0.25) is 9.36 Å². The average Bonchev–Trinajstić information content (AvgIpc) is 3.20. The molecule has 0 N–H and O–H groups in total. The normalized spacial score (nSPS) is 11.3. The summed E-state index contributed by atoms with van der Waals surface area (Å²) < 4.78 is 17.8. The van der Waals surface area contributed by atoms with E-state index in [-0.39, 0.29) is 11.7 Å². The van der Waals surface area contributed by atoms with Gasteiger partial charge in [-0.25, -0.2) is 9.78 Å². The Bertz CT molecular complexity index is 1060. The Morgan fingerprint density at radius 2 is 2.07 bits per heavy atom. The van der Waals surface area contributed by atoms with Gasteiger partial charge in [0.05, 0.1) is 35.6 Å². The molecule has 0 spiro atoms. The lowest BCUT2D eigenvalue weighted by atomic mass is 10.2. The molecule has 0 aliphatic heterocycles. The average molecular weight is 431 g/mol. The van der Waals surface area contributed by atoms with Crippen molar-refractivity contribution in [1.82, 2.24) is 9.55 Å². The number of nitrogens with zero attached hydrogens (tertiary/aromatic N) is 2. The summed E-state index contributed by atoms with van der Waals surface area (Å²) in [6.45, 7) is 7.07. The van der Waals surface area contributed by atoms with Crippen molar-refractivity contribution in [3.63, 3.8) is 0 Å². The van der Waals surface area contributed by atoms with Crippen LogP contribution in [0.2, 0.25) is 0 Å². The Labute approximate surface area is 179 Å². The molecule has 0 radical (unpaired) electrons. The maximum Gasteiger partial charge on any atom is 0.341 e. The second-order valence-corrected chi connectivity index (χ2v) is 7.85. The molecule has 0 atom stereocenters. The van der Waals surface area contributed by atoms with Crippen LogP contribution in [0.3, 0.4) is 0 Å². The van der Waals surface area contributed by atoms with Crippen LogP contribution in [-0.2, 0) is 21.8 Å². The van der Waals surface area contributed by atoms with Crippen molar-refractivity contribution in [1.29, 1.82) is 0 Å². The zero-order chi connectivity index (χ0) is 21.5. The summed E-state index contributed by atoms with van der Waals surface area (Å²) in [4.78, 5) is 29.8. The van der Waals surface area contributed by atoms with Gasteiger partial charge in [0, 0.05) is 13.2 Å². The monoisotopic (exact) mass is 430 g/mol. The van der Waals surface area contributed by atoms with E-state index in [1.54, 1.807) is 23.6 Å². The van der Waals surface area contributed by atoms with Crippen LogP contribution in [0.5, 0.6) is 0 Å². The molecule has 0 saturated heterocycles. The summed E-state index contributed by atoms with van der Waals surface area (Å²) in [5.74, 6) is 0.432. The molecule has 3 aromatic rings. The molecule has 7 nitrogen and oxygen atoms in total. The van der Waals surface area contributed by atoms with Gasteiger partial charge in [0.1, 0.15) is 11.3 Å². The molecule has 0 unspecified atom stereocenters. The molecule has 3 rings (SSSR count). The Morgan fingerprint density at radius 1 is 1.27 bits per heavy atom. The van der Waals surface area contributed by atoms with Crippen molar-refractivity contribution >= 4 is 28.6 Å². The molecule has 1 aromatic carbocycles. The highest BCUT2D eigenvalue weighted by Gasteiger charge is 2.18. The van der Waals surface area contributed by atoms with Crippen LogP contribution in [0.1, 0.15) is 43.3 Å². The molecule has 0 aliphatic rings. The van der Waals surface area contributed by atoms with E-state index < -0.39 is 5.97 Å². The van der Waals surface area contributed by atoms with E-state index >= 15 is 0 Å². The molecule has 0 saturated carbocycles. The third-order valence-corrected chi connectivity index (χ3v) is 5.35. The highest BCUT2D eigenvalue weighted by Crippen LogP contribution is 2.25. The first kappa shape index (κ1) is 22.1. The topological polar surface area (TPSA) is 83.6 Å². The summed E-state index contributed by atoms with van der Waals surface area (Å²) in [7, 11) is 0. The van der Waals surface area contributed by atoms with Crippen molar-refractivity contribution in [2.75, 3.05) is 13.2 Å². The van der Waals surface area contributed by atoms with Gasteiger partial charge in [-0.1, -0.05) is 23.9 Å². The van der Waals surface area contributed by atoms with Gasteiger partial charge in [-0.05, 0) is 45.4 Å². The molecule has 160 valence electrons. The first-order chi connectivity index (χ1) is 14.5.